The molecule has 1 unspecified atom stereocenters. The lowest BCUT2D eigenvalue weighted by molar-refractivity contribution is 0.267. The van der Waals surface area contributed by atoms with Gasteiger partial charge in [-0.25, -0.2) is 0 Å². The minimum Gasteiger partial charge on any atom is -0.500 e. The average Bonchev–Trinajstić information content (AvgIpc) is 2.82. The molecule has 0 bridgehead atoms. The molecular formula is C14H21NO. The minimum absolute atomic E-state index is 0.265. The number of nitrogens with one attached hydrogen (secondary N) is 1. The number of ether oxygens (including phenoxy) is 1. The maximum Gasteiger partial charge on any atom is 0.104 e. The smallest absolute Gasteiger partial charge is 0.104 e. The molecule has 0 spiro atoms. The predicted molar refractivity (Wildman–Crippen MR) is 68.3 cm³/mol. The summed E-state index contributed by atoms with van der Waals surface area (Å²) in [7, 11) is 1.72. The fourth-order valence-electron chi connectivity index (χ4n) is 1.50. The number of aromatic amines is 1. The number of hydrogen-bond acceptors (Lipinski definition) is 1. The second-order valence-electron chi connectivity index (χ2n) is 3.99. The molecule has 0 fully saturated rings. The standard InChI is InChI=1S/C14H21NO/c1-5-11(2)8-9-14(16-4)12(3)13-7-6-10-15-13/h6-10,12,15H,5H2,1-4H3/b11-8-,14-9+. The average molecular weight is 219 g/mol. The Morgan fingerprint density at radius 2 is 2.25 bits per heavy atom. The largest absolute Gasteiger partial charge is 0.500 e. The van der Waals surface area contributed by atoms with Gasteiger partial charge in [0, 0.05) is 11.9 Å². The minimum atomic E-state index is 0.265. The van der Waals surface area contributed by atoms with Crippen molar-refractivity contribution in [2.45, 2.75) is 33.1 Å². The Hall–Kier alpha value is -1.44. The van der Waals surface area contributed by atoms with Crippen LogP contribution in [0.4, 0.5) is 0 Å². The second kappa shape index (κ2) is 6.21. The number of H-pyrrole nitrogens is 1. The first-order valence-corrected chi connectivity index (χ1v) is 5.73. The zero-order chi connectivity index (χ0) is 12.0. The molecule has 0 saturated heterocycles. The van der Waals surface area contributed by atoms with Crippen molar-refractivity contribution in [3.63, 3.8) is 0 Å². The number of methoxy groups -OCH3 is 1. The van der Waals surface area contributed by atoms with Crippen LogP contribution in [-0.4, -0.2) is 12.1 Å². The molecule has 1 aromatic heterocycles. The van der Waals surface area contributed by atoms with E-state index in [1.165, 1.54) is 11.3 Å². The number of allylic oxidation sites excluding steroid dienone is 4. The summed E-state index contributed by atoms with van der Waals surface area (Å²) in [5, 5.41) is 0. The Kier molecular flexibility index (Phi) is 4.90. The Bertz CT molecular complexity index is 360. The van der Waals surface area contributed by atoms with Crippen LogP contribution in [0.15, 0.2) is 41.8 Å². The van der Waals surface area contributed by atoms with Crippen LogP contribution in [0.1, 0.15) is 38.8 Å². The van der Waals surface area contributed by atoms with Crippen molar-refractivity contribution in [1.82, 2.24) is 4.98 Å². The van der Waals surface area contributed by atoms with E-state index in [0.29, 0.717) is 0 Å². The SMILES string of the molecule is CC/C(C)=C\C=C(\OC)C(C)c1ccc[nH]1. The summed E-state index contributed by atoms with van der Waals surface area (Å²) in [6, 6.07) is 4.08. The lowest BCUT2D eigenvalue weighted by atomic mass is 10.0. The molecule has 88 valence electrons. The molecule has 0 radical (unpaired) electrons. The molecule has 2 heteroatoms. The van der Waals surface area contributed by atoms with E-state index >= 15 is 0 Å². The summed E-state index contributed by atoms with van der Waals surface area (Å²) in [6.45, 7) is 6.42. The first kappa shape index (κ1) is 12.6. The summed E-state index contributed by atoms with van der Waals surface area (Å²) >= 11 is 0. The van der Waals surface area contributed by atoms with E-state index in [4.69, 9.17) is 4.74 Å². The van der Waals surface area contributed by atoms with Gasteiger partial charge in [-0.2, -0.15) is 0 Å². The predicted octanol–water partition coefficient (Wildman–Crippen LogP) is 4.00. The van der Waals surface area contributed by atoms with E-state index in [0.717, 1.165) is 12.2 Å². The molecule has 0 amide bonds. The summed E-state index contributed by atoms with van der Waals surface area (Å²) in [4.78, 5) is 3.21. The highest BCUT2D eigenvalue weighted by molar-refractivity contribution is 5.23. The van der Waals surface area contributed by atoms with Crippen molar-refractivity contribution in [2.24, 2.45) is 0 Å². The quantitative estimate of drug-likeness (QED) is 0.587. The molecule has 0 saturated carbocycles. The number of rotatable bonds is 5. The van der Waals surface area contributed by atoms with Gasteiger partial charge in [0.15, 0.2) is 0 Å². The summed E-state index contributed by atoms with van der Waals surface area (Å²) in [6.07, 6.45) is 7.19. The van der Waals surface area contributed by atoms with Gasteiger partial charge in [0.25, 0.3) is 0 Å². The van der Waals surface area contributed by atoms with Crippen molar-refractivity contribution >= 4 is 0 Å². The van der Waals surface area contributed by atoms with Gasteiger partial charge in [-0.05, 0) is 38.5 Å². The van der Waals surface area contributed by atoms with Crippen LogP contribution in [-0.2, 0) is 4.74 Å². The molecule has 0 aliphatic rings. The molecular weight excluding hydrogens is 198 g/mol. The van der Waals surface area contributed by atoms with Crippen molar-refractivity contribution < 1.29 is 4.74 Å². The van der Waals surface area contributed by atoms with Gasteiger partial charge in [0.1, 0.15) is 5.76 Å². The third-order valence-corrected chi connectivity index (χ3v) is 2.84. The second-order valence-corrected chi connectivity index (χ2v) is 3.99. The van der Waals surface area contributed by atoms with Crippen LogP contribution < -0.4 is 0 Å². The van der Waals surface area contributed by atoms with Crippen LogP contribution in [0, 0.1) is 0 Å². The first-order chi connectivity index (χ1) is 7.69. The summed E-state index contributed by atoms with van der Waals surface area (Å²) < 4.78 is 5.43. The molecule has 1 rings (SSSR count). The zero-order valence-electron chi connectivity index (χ0n) is 10.6. The lowest BCUT2D eigenvalue weighted by Gasteiger charge is -2.13. The van der Waals surface area contributed by atoms with Crippen molar-refractivity contribution in [3.05, 3.63) is 47.5 Å². The van der Waals surface area contributed by atoms with E-state index in [9.17, 15) is 0 Å². The molecule has 16 heavy (non-hydrogen) atoms. The molecule has 1 heterocycles. The Morgan fingerprint density at radius 1 is 1.50 bits per heavy atom. The first-order valence-electron chi connectivity index (χ1n) is 5.73. The maximum absolute atomic E-state index is 5.43. The van der Waals surface area contributed by atoms with Gasteiger partial charge in [-0.1, -0.05) is 18.6 Å². The van der Waals surface area contributed by atoms with Crippen molar-refractivity contribution in [2.75, 3.05) is 7.11 Å². The van der Waals surface area contributed by atoms with E-state index in [2.05, 4.69) is 44.0 Å². The van der Waals surface area contributed by atoms with E-state index in [1.807, 2.05) is 12.3 Å². The monoisotopic (exact) mass is 219 g/mol. The van der Waals surface area contributed by atoms with Crippen LogP contribution >= 0.6 is 0 Å². The normalized spacial score (nSPS) is 15.0. The van der Waals surface area contributed by atoms with E-state index in [1.54, 1.807) is 7.11 Å². The van der Waals surface area contributed by atoms with Gasteiger partial charge in [0.05, 0.1) is 13.0 Å². The van der Waals surface area contributed by atoms with Crippen LogP contribution in [0.5, 0.6) is 0 Å². The molecule has 2 nitrogen and oxygen atoms in total. The van der Waals surface area contributed by atoms with Gasteiger partial charge in [0.2, 0.25) is 0 Å². The van der Waals surface area contributed by atoms with Gasteiger partial charge < -0.3 is 9.72 Å². The third kappa shape index (κ3) is 3.30. The Labute approximate surface area is 98.0 Å². The van der Waals surface area contributed by atoms with E-state index < -0.39 is 0 Å². The van der Waals surface area contributed by atoms with Crippen LogP contribution in [0.2, 0.25) is 0 Å². The topological polar surface area (TPSA) is 25.0 Å². The van der Waals surface area contributed by atoms with Gasteiger partial charge in [-0.15, -0.1) is 0 Å². The third-order valence-electron chi connectivity index (χ3n) is 2.84. The maximum atomic E-state index is 5.43. The molecule has 1 N–H and O–H groups in total. The highest BCUT2D eigenvalue weighted by atomic mass is 16.5. The highest BCUT2D eigenvalue weighted by Crippen LogP contribution is 2.22. The molecule has 0 aliphatic carbocycles. The molecule has 1 atom stereocenters. The van der Waals surface area contributed by atoms with Gasteiger partial charge >= 0.3 is 0 Å². The Morgan fingerprint density at radius 3 is 2.75 bits per heavy atom. The van der Waals surface area contributed by atoms with E-state index in [-0.39, 0.29) is 5.92 Å². The Balaban J connectivity index is 2.82. The van der Waals surface area contributed by atoms with Crippen molar-refractivity contribution in [1.29, 1.82) is 0 Å². The van der Waals surface area contributed by atoms with Gasteiger partial charge in [-0.3, -0.25) is 0 Å². The molecule has 1 aromatic rings. The fraction of sp³-hybridized carbons (Fsp3) is 0.429. The summed E-state index contributed by atoms with van der Waals surface area (Å²) in [5.41, 5.74) is 2.53. The number of hydrogen-bond donors (Lipinski definition) is 1. The number of aromatic nitrogens is 1. The van der Waals surface area contributed by atoms with Crippen molar-refractivity contribution in [3.8, 4) is 0 Å². The van der Waals surface area contributed by atoms with Crippen LogP contribution in [0.3, 0.4) is 0 Å². The van der Waals surface area contributed by atoms with Crippen LogP contribution in [0.25, 0.3) is 0 Å². The molecule has 0 aromatic carbocycles. The highest BCUT2D eigenvalue weighted by Gasteiger charge is 2.11. The zero-order valence-corrected chi connectivity index (χ0v) is 10.6. The lowest BCUT2D eigenvalue weighted by Crippen LogP contribution is -2.00. The molecule has 0 aliphatic heterocycles. The summed E-state index contributed by atoms with van der Waals surface area (Å²) in [5.74, 6) is 1.25. The fourth-order valence-corrected chi connectivity index (χ4v) is 1.50.